The Balaban J connectivity index is 2.59. The summed E-state index contributed by atoms with van der Waals surface area (Å²) in [7, 11) is 0. The van der Waals surface area contributed by atoms with Crippen molar-refractivity contribution < 1.29 is 4.39 Å². The lowest BCUT2D eigenvalue weighted by Gasteiger charge is -2.19. The molecule has 0 amide bonds. The van der Waals surface area contributed by atoms with E-state index in [9.17, 15) is 4.39 Å². The smallest absolute Gasteiger partial charge is 0.137 e. The lowest BCUT2D eigenvalue weighted by atomic mass is 9.94. The van der Waals surface area contributed by atoms with Crippen molar-refractivity contribution in [1.29, 1.82) is 0 Å². The largest absolute Gasteiger partial charge is 0.316 e. The molecule has 0 aliphatic rings. The maximum Gasteiger partial charge on any atom is 0.137 e. The van der Waals surface area contributed by atoms with Crippen molar-refractivity contribution in [3.63, 3.8) is 0 Å². The van der Waals surface area contributed by atoms with Gasteiger partial charge < -0.3 is 5.32 Å². The molecule has 1 aromatic rings. The van der Waals surface area contributed by atoms with Gasteiger partial charge in [-0.05, 0) is 65.3 Å². The normalized spacial score (nSPS) is 12.9. The molecule has 1 rings (SSSR count). The number of halogens is 2. The molecule has 0 aliphatic carbocycles. The van der Waals surface area contributed by atoms with E-state index in [2.05, 4.69) is 42.0 Å². The van der Waals surface area contributed by atoms with Gasteiger partial charge in [0.1, 0.15) is 5.82 Å². The van der Waals surface area contributed by atoms with E-state index in [0.717, 1.165) is 25.1 Å². The molecule has 0 aliphatic heterocycles. The van der Waals surface area contributed by atoms with Crippen LogP contribution in [-0.4, -0.2) is 13.1 Å². The molecule has 0 bridgehead atoms. The summed E-state index contributed by atoms with van der Waals surface area (Å²) in [5.41, 5.74) is 1.07. The predicted molar refractivity (Wildman–Crippen MR) is 83.9 cm³/mol. The third-order valence-corrected chi connectivity index (χ3v) is 4.11. The van der Waals surface area contributed by atoms with Crippen LogP contribution in [0, 0.1) is 17.7 Å². The van der Waals surface area contributed by atoms with Crippen LogP contribution in [0.1, 0.15) is 39.2 Å². The van der Waals surface area contributed by atoms with Gasteiger partial charge in [-0.15, -0.1) is 0 Å². The molecule has 0 saturated carbocycles. The topological polar surface area (TPSA) is 12.0 Å². The van der Waals surface area contributed by atoms with Gasteiger partial charge >= 0.3 is 0 Å². The predicted octanol–water partition coefficient (Wildman–Crippen LogP) is 4.79. The Kier molecular flexibility index (Phi) is 7.62. The first-order chi connectivity index (χ1) is 9.04. The Hall–Kier alpha value is -0.410. The first kappa shape index (κ1) is 16.6. The number of benzene rings is 1. The summed E-state index contributed by atoms with van der Waals surface area (Å²) < 4.78 is 14.1. The van der Waals surface area contributed by atoms with Crippen LogP contribution < -0.4 is 5.32 Å². The fourth-order valence-corrected chi connectivity index (χ4v) is 2.70. The van der Waals surface area contributed by atoms with Crippen LogP contribution in [-0.2, 0) is 6.42 Å². The van der Waals surface area contributed by atoms with Crippen LogP contribution in [0.15, 0.2) is 22.7 Å². The van der Waals surface area contributed by atoms with Gasteiger partial charge in [-0.1, -0.05) is 39.3 Å². The van der Waals surface area contributed by atoms with Crippen LogP contribution in [0.2, 0.25) is 0 Å². The summed E-state index contributed by atoms with van der Waals surface area (Å²) in [6.07, 6.45) is 3.27. The first-order valence-electron chi connectivity index (χ1n) is 7.18. The minimum absolute atomic E-state index is 0.164. The van der Waals surface area contributed by atoms with Gasteiger partial charge in [-0.2, -0.15) is 0 Å². The van der Waals surface area contributed by atoms with Crippen LogP contribution in [0.3, 0.4) is 0 Å². The second-order valence-corrected chi connectivity index (χ2v) is 6.42. The Labute approximate surface area is 125 Å². The standard InChI is InChI=1S/C16H25BrFN/c1-4-6-13(11-19-10-12(2)3)9-14-7-5-8-15(18)16(14)17/h5,7-8,12-13,19H,4,6,9-11H2,1-3H3. The summed E-state index contributed by atoms with van der Waals surface area (Å²) in [6.45, 7) is 8.69. The average Bonchev–Trinajstić information content (AvgIpc) is 2.34. The molecule has 1 aromatic carbocycles. The van der Waals surface area contributed by atoms with Crippen molar-refractivity contribution in [2.75, 3.05) is 13.1 Å². The molecular weight excluding hydrogens is 305 g/mol. The van der Waals surface area contributed by atoms with Gasteiger partial charge in [0.25, 0.3) is 0 Å². The van der Waals surface area contributed by atoms with Crippen LogP contribution in [0.5, 0.6) is 0 Å². The third kappa shape index (κ3) is 6.05. The molecule has 1 atom stereocenters. The molecule has 108 valence electrons. The van der Waals surface area contributed by atoms with Crippen LogP contribution in [0.4, 0.5) is 4.39 Å². The molecule has 0 spiro atoms. The number of hydrogen-bond acceptors (Lipinski definition) is 1. The number of rotatable bonds is 8. The Morgan fingerprint density at radius 1 is 1.26 bits per heavy atom. The summed E-state index contributed by atoms with van der Waals surface area (Å²) in [4.78, 5) is 0. The van der Waals surface area contributed by atoms with Crippen molar-refractivity contribution in [2.45, 2.75) is 40.0 Å². The van der Waals surface area contributed by atoms with Gasteiger partial charge in [0.15, 0.2) is 0 Å². The van der Waals surface area contributed by atoms with Crippen molar-refractivity contribution in [1.82, 2.24) is 5.32 Å². The molecular formula is C16H25BrFN. The van der Waals surface area contributed by atoms with Crippen LogP contribution in [0.25, 0.3) is 0 Å². The van der Waals surface area contributed by atoms with Crippen molar-refractivity contribution in [3.05, 3.63) is 34.1 Å². The second-order valence-electron chi connectivity index (χ2n) is 5.62. The average molecular weight is 330 g/mol. The Morgan fingerprint density at radius 2 is 2.00 bits per heavy atom. The third-order valence-electron chi connectivity index (χ3n) is 3.22. The maximum atomic E-state index is 13.5. The van der Waals surface area contributed by atoms with E-state index in [1.807, 2.05) is 6.07 Å². The van der Waals surface area contributed by atoms with Crippen molar-refractivity contribution in [2.24, 2.45) is 11.8 Å². The van der Waals surface area contributed by atoms with E-state index in [1.54, 1.807) is 6.07 Å². The van der Waals surface area contributed by atoms with Gasteiger partial charge in [-0.3, -0.25) is 0 Å². The Bertz CT molecular complexity index is 379. The molecule has 3 heteroatoms. The molecule has 0 radical (unpaired) electrons. The molecule has 0 fully saturated rings. The maximum absolute atomic E-state index is 13.5. The summed E-state index contributed by atoms with van der Waals surface area (Å²) in [5.74, 6) is 1.08. The van der Waals surface area contributed by atoms with E-state index in [-0.39, 0.29) is 5.82 Å². The molecule has 0 aromatic heterocycles. The number of hydrogen-bond donors (Lipinski definition) is 1. The summed E-state index contributed by atoms with van der Waals surface area (Å²) in [5, 5.41) is 3.52. The fourth-order valence-electron chi connectivity index (χ4n) is 2.28. The van der Waals surface area contributed by atoms with E-state index in [0.29, 0.717) is 16.3 Å². The monoisotopic (exact) mass is 329 g/mol. The van der Waals surface area contributed by atoms with Crippen molar-refractivity contribution >= 4 is 15.9 Å². The first-order valence-corrected chi connectivity index (χ1v) is 7.97. The van der Waals surface area contributed by atoms with E-state index < -0.39 is 0 Å². The molecule has 19 heavy (non-hydrogen) atoms. The lowest BCUT2D eigenvalue weighted by Crippen LogP contribution is -2.27. The van der Waals surface area contributed by atoms with E-state index in [1.165, 1.54) is 18.9 Å². The highest BCUT2D eigenvalue weighted by Crippen LogP contribution is 2.24. The van der Waals surface area contributed by atoms with E-state index >= 15 is 0 Å². The van der Waals surface area contributed by atoms with E-state index in [4.69, 9.17) is 0 Å². The van der Waals surface area contributed by atoms with Gasteiger partial charge in [-0.25, -0.2) is 4.39 Å². The zero-order valence-corrected chi connectivity index (χ0v) is 13.8. The fraction of sp³-hybridized carbons (Fsp3) is 0.625. The lowest BCUT2D eigenvalue weighted by molar-refractivity contribution is 0.420. The summed E-state index contributed by atoms with van der Waals surface area (Å²) in [6, 6.07) is 5.30. The van der Waals surface area contributed by atoms with Gasteiger partial charge in [0.05, 0.1) is 4.47 Å². The number of nitrogens with one attached hydrogen (secondary N) is 1. The highest BCUT2D eigenvalue weighted by atomic mass is 79.9. The SMILES string of the molecule is CCCC(CNCC(C)C)Cc1cccc(F)c1Br. The summed E-state index contributed by atoms with van der Waals surface area (Å²) >= 11 is 3.36. The highest BCUT2D eigenvalue weighted by molar-refractivity contribution is 9.10. The zero-order valence-electron chi connectivity index (χ0n) is 12.2. The molecule has 0 heterocycles. The zero-order chi connectivity index (χ0) is 14.3. The Morgan fingerprint density at radius 3 is 2.63 bits per heavy atom. The molecule has 1 unspecified atom stereocenters. The molecule has 0 saturated heterocycles. The molecule has 1 N–H and O–H groups in total. The highest BCUT2D eigenvalue weighted by Gasteiger charge is 2.12. The minimum Gasteiger partial charge on any atom is -0.316 e. The second kappa shape index (κ2) is 8.70. The minimum atomic E-state index is -0.164. The van der Waals surface area contributed by atoms with Crippen molar-refractivity contribution in [3.8, 4) is 0 Å². The van der Waals surface area contributed by atoms with Gasteiger partial charge in [0, 0.05) is 0 Å². The van der Waals surface area contributed by atoms with Gasteiger partial charge in [0.2, 0.25) is 0 Å². The molecule has 1 nitrogen and oxygen atoms in total. The quantitative estimate of drug-likeness (QED) is 0.722. The van der Waals surface area contributed by atoms with Crippen LogP contribution >= 0.6 is 15.9 Å².